The van der Waals surface area contributed by atoms with Crippen molar-refractivity contribution in [3.63, 3.8) is 0 Å². The van der Waals surface area contributed by atoms with Crippen LogP contribution in [-0.4, -0.2) is 53.8 Å². The van der Waals surface area contributed by atoms with Crippen molar-refractivity contribution in [2.75, 3.05) is 14.2 Å². The van der Waals surface area contributed by atoms with E-state index in [2.05, 4.69) is 18.2 Å². The molecule has 0 aliphatic heterocycles. The van der Waals surface area contributed by atoms with Gasteiger partial charge in [0.2, 0.25) is 0 Å². The summed E-state index contributed by atoms with van der Waals surface area (Å²) in [5.41, 5.74) is 6.77. The average molecular weight is 659 g/mol. The maximum Gasteiger partial charge on any atom is 0.335 e. The molecule has 3 unspecified atom stereocenters. The Morgan fingerprint density at radius 2 is 1.24 bits per heavy atom. The van der Waals surface area contributed by atoms with Crippen molar-refractivity contribution in [3.8, 4) is 22.6 Å². The summed E-state index contributed by atoms with van der Waals surface area (Å²) in [6, 6.07) is 38.7. The zero-order valence-electron chi connectivity index (χ0n) is 27.8. The van der Waals surface area contributed by atoms with Gasteiger partial charge in [-0.05, 0) is 94.5 Å². The van der Waals surface area contributed by atoms with Gasteiger partial charge in [-0.3, -0.25) is 0 Å². The first-order chi connectivity index (χ1) is 23.9. The van der Waals surface area contributed by atoms with Crippen molar-refractivity contribution in [2.24, 2.45) is 0 Å². The van der Waals surface area contributed by atoms with Crippen LogP contribution in [0.3, 0.4) is 0 Å². The van der Waals surface area contributed by atoms with Crippen LogP contribution in [0.1, 0.15) is 52.6 Å². The molecule has 49 heavy (non-hydrogen) atoms. The van der Waals surface area contributed by atoms with Gasteiger partial charge in [0.25, 0.3) is 0 Å². The highest BCUT2D eigenvalue weighted by Crippen LogP contribution is 2.45. The SMILES string of the molecule is COc1ccc(C(c2ccccc2)(c2ccc(OC)cc2)C(O)C(O)CCCC(O)C(=O)OCc2cccc3c2Cc2ccccc2-3)cc1. The van der Waals surface area contributed by atoms with Gasteiger partial charge in [-0.15, -0.1) is 0 Å². The molecule has 0 amide bonds. The molecule has 5 aromatic rings. The van der Waals surface area contributed by atoms with Crippen LogP contribution in [0.2, 0.25) is 0 Å². The normalized spacial score (nSPS) is 13.9. The molecule has 3 N–H and O–H groups in total. The van der Waals surface area contributed by atoms with Gasteiger partial charge in [0, 0.05) is 0 Å². The van der Waals surface area contributed by atoms with Gasteiger partial charge in [0.05, 0.1) is 31.8 Å². The molecular weight excluding hydrogens is 616 g/mol. The summed E-state index contributed by atoms with van der Waals surface area (Å²) in [5, 5.41) is 34.5. The van der Waals surface area contributed by atoms with E-state index in [1.807, 2.05) is 103 Å². The van der Waals surface area contributed by atoms with Gasteiger partial charge < -0.3 is 29.5 Å². The lowest BCUT2D eigenvalue weighted by Gasteiger charge is -2.42. The molecular formula is C42H42O7. The summed E-state index contributed by atoms with van der Waals surface area (Å²) in [7, 11) is 3.19. The summed E-state index contributed by atoms with van der Waals surface area (Å²) in [5.74, 6) is 0.620. The first-order valence-corrected chi connectivity index (χ1v) is 16.6. The second kappa shape index (κ2) is 15.1. The maximum absolute atomic E-state index is 12.9. The summed E-state index contributed by atoms with van der Waals surface area (Å²) in [4.78, 5) is 12.9. The fraction of sp³-hybridized carbons (Fsp3) is 0.262. The lowest BCUT2D eigenvalue weighted by Crippen LogP contribution is -2.48. The van der Waals surface area contributed by atoms with Crippen molar-refractivity contribution < 1.29 is 34.3 Å². The fourth-order valence-corrected chi connectivity index (χ4v) is 7.11. The van der Waals surface area contributed by atoms with E-state index in [4.69, 9.17) is 14.2 Å². The third kappa shape index (κ3) is 6.83. The number of esters is 1. The van der Waals surface area contributed by atoms with Gasteiger partial charge in [0.1, 0.15) is 18.1 Å². The highest BCUT2D eigenvalue weighted by Gasteiger charge is 2.46. The Bertz CT molecular complexity index is 1800. The highest BCUT2D eigenvalue weighted by molar-refractivity contribution is 5.78. The average Bonchev–Trinajstić information content (AvgIpc) is 3.54. The molecule has 3 atom stereocenters. The monoisotopic (exact) mass is 658 g/mol. The van der Waals surface area contributed by atoms with Gasteiger partial charge in [-0.25, -0.2) is 4.79 Å². The topological polar surface area (TPSA) is 105 Å². The van der Waals surface area contributed by atoms with Crippen LogP contribution >= 0.6 is 0 Å². The van der Waals surface area contributed by atoms with Crippen molar-refractivity contribution >= 4 is 5.97 Å². The van der Waals surface area contributed by atoms with E-state index in [0.717, 1.165) is 39.8 Å². The van der Waals surface area contributed by atoms with Crippen LogP contribution in [0.15, 0.2) is 121 Å². The number of benzene rings is 5. The minimum atomic E-state index is -1.36. The molecule has 0 bridgehead atoms. The van der Waals surface area contributed by atoms with E-state index in [1.165, 1.54) is 11.1 Å². The summed E-state index contributed by atoms with van der Waals surface area (Å²) < 4.78 is 16.4. The summed E-state index contributed by atoms with van der Waals surface area (Å²) >= 11 is 0. The molecule has 6 rings (SSSR count). The molecule has 1 aliphatic rings. The molecule has 7 nitrogen and oxygen atoms in total. The third-order valence-corrected chi connectivity index (χ3v) is 9.70. The molecule has 5 aromatic carbocycles. The number of methoxy groups -OCH3 is 2. The largest absolute Gasteiger partial charge is 0.497 e. The second-order valence-electron chi connectivity index (χ2n) is 12.5. The Labute approximate surface area is 287 Å². The third-order valence-electron chi connectivity index (χ3n) is 9.70. The molecule has 0 spiro atoms. The standard InChI is InChI=1S/C42H42O7/c1-47-33-22-18-31(19-23-33)42(30-12-4-3-5-13-30,32-20-24-34(48-2)25-21-32)40(45)38(43)16-9-17-39(44)41(46)49-27-29-11-8-15-36-35-14-7-6-10-28(35)26-37(29)36/h3-8,10-15,18-25,38-40,43-45H,9,16-17,26-27H2,1-2H3. The zero-order chi connectivity index (χ0) is 34.4. The minimum Gasteiger partial charge on any atom is -0.497 e. The van der Waals surface area contributed by atoms with Crippen LogP contribution in [0.25, 0.3) is 11.1 Å². The van der Waals surface area contributed by atoms with Crippen LogP contribution in [0.5, 0.6) is 11.5 Å². The number of aliphatic hydroxyl groups is 3. The first-order valence-electron chi connectivity index (χ1n) is 16.6. The smallest absolute Gasteiger partial charge is 0.335 e. The fourth-order valence-electron chi connectivity index (χ4n) is 7.11. The quantitative estimate of drug-likeness (QED) is 0.0894. The van der Waals surface area contributed by atoms with Gasteiger partial charge in [-0.2, -0.15) is 0 Å². The van der Waals surface area contributed by atoms with Crippen LogP contribution in [0.4, 0.5) is 0 Å². The van der Waals surface area contributed by atoms with Crippen molar-refractivity contribution in [2.45, 2.75) is 56.0 Å². The molecule has 1 aliphatic carbocycles. The number of ether oxygens (including phenoxy) is 3. The molecule has 0 fully saturated rings. The number of rotatable bonds is 14. The van der Waals surface area contributed by atoms with Crippen molar-refractivity contribution in [1.29, 1.82) is 0 Å². The van der Waals surface area contributed by atoms with Crippen LogP contribution < -0.4 is 9.47 Å². The maximum atomic E-state index is 12.9. The van der Waals surface area contributed by atoms with Crippen molar-refractivity contribution in [3.05, 3.63) is 155 Å². The second-order valence-corrected chi connectivity index (χ2v) is 12.5. The Hall–Kier alpha value is -4.95. The van der Waals surface area contributed by atoms with E-state index >= 15 is 0 Å². The Morgan fingerprint density at radius 3 is 1.88 bits per heavy atom. The predicted octanol–water partition coefficient (Wildman–Crippen LogP) is 6.61. The molecule has 0 heterocycles. The minimum absolute atomic E-state index is 0.0672. The Balaban J connectivity index is 1.16. The highest BCUT2D eigenvalue weighted by atomic mass is 16.5. The number of carbonyl (C=O) groups is 1. The molecule has 0 saturated carbocycles. The Kier molecular flexibility index (Phi) is 10.4. The number of fused-ring (bicyclic) bond motifs is 3. The van der Waals surface area contributed by atoms with E-state index < -0.39 is 29.7 Å². The number of aliphatic hydroxyl groups excluding tert-OH is 3. The Morgan fingerprint density at radius 1 is 0.673 bits per heavy atom. The van der Waals surface area contributed by atoms with Gasteiger partial charge >= 0.3 is 5.97 Å². The first kappa shape index (κ1) is 33.9. The number of hydrogen-bond acceptors (Lipinski definition) is 7. The lowest BCUT2D eigenvalue weighted by molar-refractivity contribution is -0.155. The van der Waals surface area contributed by atoms with Crippen molar-refractivity contribution in [1.82, 2.24) is 0 Å². The van der Waals surface area contributed by atoms with E-state index in [0.29, 0.717) is 11.5 Å². The van der Waals surface area contributed by atoms with E-state index in [1.54, 1.807) is 14.2 Å². The molecule has 0 saturated heterocycles. The predicted molar refractivity (Wildman–Crippen MR) is 189 cm³/mol. The summed E-state index contributed by atoms with van der Waals surface area (Å²) in [6.45, 7) is 0.0672. The molecule has 252 valence electrons. The van der Waals surface area contributed by atoms with Crippen LogP contribution in [-0.2, 0) is 28.0 Å². The molecule has 7 heteroatoms. The molecule has 0 radical (unpaired) electrons. The zero-order valence-corrected chi connectivity index (χ0v) is 27.8. The van der Waals surface area contributed by atoms with Gasteiger partial charge in [-0.1, -0.05) is 97.1 Å². The number of hydrogen-bond donors (Lipinski definition) is 3. The van der Waals surface area contributed by atoms with Gasteiger partial charge in [0.15, 0.2) is 6.10 Å². The van der Waals surface area contributed by atoms with E-state index in [9.17, 15) is 20.1 Å². The van der Waals surface area contributed by atoms with E-state index in [-0.39, 0.29) is 25.9 Å². The lowest BCUT2D eigenvalue weighted by atomic mass is 9.64. The van der Waals surface area contributed by atoms with Crippen LogP contribution in [0, 0.1) is 0 Å². The summed E-state index contributed by atoms with van der Waals surface area (Å²) in [6.07, 6.45) is -2.60. The molecule has 0 aromatic heterocycles. The number of carbonyl (C=O) groups excluding carboxylic acids is 1.